The van der Waals surface area contributed by atoms with Crippen LogP contribution in [0.3, 0.4) is 0 Å². The van der Waals surface area contributed by atoms with Crippen LogP contribution in [0.5, 0.6) is 0 Å². The summed E-state index contributed by atoms with van der Waals surface area (Å²) in [5, 5.41) is 3.59. The summed E-state index contributed by atoms with van der Waals surface area (Å²) in [6.07, 6.45) is 5.70. The summed E-state index contributed by atoms with van der Waals surface area (Å²) < 4.78 is 0. The maximum absolute atomic E-state index is 3.59. The van der Waals surface area contributed by atoms with Gasteiger partial charge in [-0.2, -0.15) is 0 Å². The summed E-state index contributed by atoms with van der Waals surface area (Å²) >= 11 is 0. The molecule has 86 valence electrons. The van der Waals surface area contributed by atoms with Crippen molar-refractivity contribution in [1.29, 1.82) is 0 Å². The molecule has 15 heavy (non-hydrogen) atoms. The Morgan fingerprint density at radius 1 is 1.00 bits per heavy atom. The van der Waals surface area contributed by atoms with E-state index in [9.17, 15) is 0 Å². The van der Waals surface area contributed by atoms with Gasteiger partial charge in [-0.25, -0.2) is 0 Å². The Labute approximate surface area is 92.8 Å². The highest BCUT2D eigenvalue weighted by Gasteiger charge is 2.31. The first-order chi connectivity index (χ1) is 7.42. The second kappa shape index (κ2) is 4.40. The Bertz CT molecular complexity index is 201. The van der Waals surface area contributed by atoms with Crippen molar-refractivity contribution in [3.8, 4) is 0 Å². The quantitative estimate of drug-likeness (QED) is 0.731. The molecule has 1 N–H and O–H groups in total. The van der Waals surface area contributed by atoms with Crippen LogP contribution in [0.4, 0.5) is 0 Å². The van der Waals surface area contributed by atoms with Gasteiger partial charge in [-0.3, -0.25) is 9.80 Å². The molecule has 3 nitrogen and oxygen atoms in total. The highest BCUT2D eigenvalue weighted by atomic mass is 15.3. The minimum absolute atomic E-state index is 0.789. The standard InChI is InChI=1S/C12H23N3/c1-2-11(13-5-1)10-14-6-8-15(9-7-14)12-3-4-12/h11-13H,1-10H2. The largest absolute Gasteiger partial charge is 0.313 e. The van der Waals surface area contributed by atoms with Crippen LogP contribution in [0.1, 0.15) is 25.7 Å². The van der Waals surface area contributed by atoms with Crippen molar-refractivity contribution in [3.05, 3.63) is 0 Å². The summed E-state index contributed by atoms with van der Waals surface area (Å²) in [7, 11) is 0. The van der Waals surface area contributed by atoms with Gasteiger partial charge >= 0.3 is 0 Å². The van der Waals surface area contributed by atoms with Crippen LogP contribution in [0.15, 0.2) is 0 Å². The molecular weight excluding hydrogens is 186 g/mol. The monoisotopic (exact) mass is 209 g/mol. The molecule has 2 heterocycles. The van der Waals surface area contributed by atoms with Crippen molar-refractivity contribution in [3.63, 3.8) is 0 Å². The van der Waals surface area contributed by atoms with Gasteiger partial charge in [-0.15, -0.1) is 0 Å². The second-order valence-corrected chi connectivity index (χ2v) is 5.36. The summed E-state index contributed by atoms with van der Waals surface area (Å²) in [5.41, 5.74) is 0. The minimum Gasteiger partial charge on any atom is -0.313 e. The van der Waals surface area contributed by atoms with Crippen LogP contribution in [0, 0.1) is 0 Å². The number of nitrogens with one attached hydrogen (secondary N) is 1. The van der Waals surface area contributed by atoms with Crippen LogP contribution < -0.4 is 5.32 Å². The third-order valence-corrected chi connectivity index (χ3v) is 4.11. The van der Waals surface area contributed by atoms with Gasteiger partial charge in [0.1, 0.15) is 0 Å². The van der Waals surface area contributed by atoms with Crippen molar-refractivity contribution in [1.82, 2.24) is 15.1 Å². The molecule has 0 radical (unpaired) electrons. The predicted molar refractivity (Wildman–Crippen MR) is 62.1 cm³/mol. The van der Waals surface area contributed by atoms with E-state index in [1.807, 2.05) is 0 Å². The number of hydrogen-bond acceptors (Lipinski definition) is 3. The van der Waals surface area contributed by atoms with E-state index in [2.05, 4.69) is 15.1 Å². The second-order valence-electron chi connectivity index (χ2n) is 5.36. The number of nitrogens with zero attached hydrogens (tertiary/aromatic N) is 2. The first-order valence-corrected chi connectivity index (χ1v) is 6.61. The van der Waals surface area contributed by atoms with Crippen molar-refractivity contribution < 1.29 is 0 Å². The smallest absolute Gasteiger partial charge is 0.0195 e. The third-order valence-electron chi connectivity index (χ3n) is 4.11. The predicted octanol–water partition coefficient (Wildman–Crippen LogP) is 0.518. The third kappa shape index (κ3) is 2.52. The Kier molecular flexibility index (Phi) is 2.95. The van der Waals surface area contributed by atoms with Crippen molar-refractivity contribution in [2.24, 2.45) is 0 Å². The van der Waals surface area contributed by atoms with E-state index < -0.39 is 0 Å². The van der Waals surface area contributed by atoms with Crippen LogP contribution in [0.25, 0.3) is 0 Å². The van der Waals surface area contributed by atoms with E-state index in [4.69, 9.17) is 0 Å². The van der Waals surface area contributed by atoms with Gasteiger partial charge in [0.25, 0.3) is 0 Å². The topological polar surface area (TPSA) is 18.5 Å². The Morgan fingerprint density at radius 2 is 1.80 bits per heavy atom. The molecule has 0 aromatic heterocycles. The first-order valence-electron chi connectivity index (χ1n) is 6.61. The lowest BCUT2D eigenvalue weighted by atomic mass is 10.2. The van der Waals surface area contributed by atoms with Crippen molar-refractivity contribution >= 4 is 0 Å². The van der Waals surface area contributed by atoms with Crippen LogP contribution in [-0.4, -0.2) is 61.2 Å². The lowest BCUT2D eigenvalue weighted by molar-refractivity contribution is 0.119. The van der Waals surface area contributed by atoms with E-state index in [0.717, 1.165) is 12.1 Å². The molecular formula is C12H23N3. The fourth-order valence-electron chi connectivity index (χ4n) is 2.97. The van der Waals surface area contributed by atoms with Gasteiger partial charge in [0.15, 0.2) is 0 Å². The van der Waals surface area contributed by atoms with Crippen LogP contribution in [0.2, 0.25) is 0 Å². The van der Waals surface area contributed by atoms with Gasteiger partial charge in [0.05, 0.1) is 0 Å². The van der Waals surface area contributed by atoms with Crippen LogP contribution in [-0.2, 0) is 0 Å². The SMILES string of the molecule is C1CNC(CN2CCN(C3CC3)CC2)C1. The zero-order valence-corrected chi connectivity index (χ0v) is 9.62. The first kappa shape index (κ1) is 10.1. The van der Waals surface area contributed by atoms with Gasteiger partial charge in [0.2, 0.25) is 0 Å². The summed E-state index contributed by atoms with van der Waals surface area (Å²) in [5.74, 6) is 0. The van der Waals surface area contributed by atoms with Crippen molar-refractivity contribution in [2.45, 2.75) is 37.8 Å². The number of piperazine rings is 1. The normalized spacial score (nSPS) is 34.8. The molecule has 1 atom stereocenters. The minimum atomic E-state index is 0.789. The molecule has 3 heteroatoms. The molecule has 3 rings (SSSR count). The molecule has 2 aliphatic heterocycles. The average molecular weight is 209 g/mol. The van der Waals surface area contributed by atoms with E-state index in [-0.39, 0.29) is 0 Å². The van der Waals surface area contributed by atoms with E-state index in [1.165, 1.54) is 65.0 Å². The Balaban J connectivity index is 1.40. The van der Waals surface area contributed by atoms with Crippen LogP contribution >= 0.6 is 0 Å². The molecule has 1 aliphatic carbocycles. The highest BCUT2D eigenvalue weighted by Crippen LogP contribution is 2.27. The fraction of sp³-hybridized carbons (Fsp3) is 1.00. The zero-order valence-electron chi connectivity index (χ0n) is 9.62. The summed E-state index contributed by atoms with van der Waals surface area (Å²) in [4.78, 5) is 5.35. The lowest BCUT2D eigenvalue weighted by Crippen LogP contribution is -2.50. The molecule has 0 amide bonds. The van der Waals surface area contributed by atoms with Gasteiger partial charge in [0, 0.05) is 44.8 Å². The maximum Gasteiger partial charge on any atom is 0.0195 e. The molecule has 3 fully saturated rings. The number of rotatable bonds is 3. The zero-order chi connectivity index (χ0) is 10.1. The highest BCUT2D eigenvalue weighted by molar-refractivity contribution is 4.88. The molecule has 1 unspecified atom stereocenters. The van der Waals surface area contributed by atoms with E-state index in [0.29, 0.717) is 0 Å². The molecule has 2 saturated heterocycles. The fourth-order valence-corrected chi connectivity index (χ4v) is 2.97. The van der Waals surface area contributed by atoms with Gasteiger partial charge in [-0.05, 0) is 32.2 Å². The summed E-state index contributed by atoms with van der Waals surface area (Å²) in [6, 6.07) is 1.76. The van der Waals surface area contributed by atoms with Gasteiger partial charge < -0.3 is 5.32 Å². The van der Waals surface area contributed by atoms with E-state index in [1.54, 1.807) is 0 Å². The molecule has 0 spiro atoms. The molecule has 3 aliphatic rings. The Morgan fingerprint density at radius 3 is 2.40 bits per heavy atom. The number of hydrogen-bond donors (Lipinski definition) is 1. The maximum atomic E-state index is 3.59. The average Bonchev–Trinajstić information content (AvgIpc) is 2.99. The summed E-state index contributed by atoms with van der Waals surface area (Å²) in [6.45, 7) is 7.77. The van der Waals surface area contributed by atoms with Crippen molar-refractivity contribution in [2.75, 3.05) is 39.3 Å². The molecule has 1 saturated carbocycles. The molecule has 0 aromatic carbocycles. The molecule has 0 bridgehead atoms. The Hall–Kier alpha value is -0.120. The van der Waals surface area contributed by atoms with Gasteiger partial charge in [-0.1, -0.05) is 0 Å². The lowest BCUT2D eigenvalue weighted by Gasteiger charge is -2.36. The van der Waals surface area contributed by atoms with E-state index >= 15 is 0 Å². The molecule has 0 aromatic rings.